The number of rotatable bonds is 9. The summed E-state index contributed by atoms with van der Waals surface area (Å²) in [6.45, 7) is 11.1. The summed E-state index contributed by atoms with van der Waals surface area (Å²) in [5.41, 5.74) is 0.911. The highest BCUT2D eigenvalue weighted by molar-refractivity contribution is 6.07. The van der Waals surface area contributed by atoms with Crippen molar-refractivity contribution in [1.29, 1.82) is 0 Å². The third-order valence-corrected chi connectivity index (χ3v) is 6.96. The molecule has 0 radical (unpaired) electrons. The van der Waals surface area contributed by atoms with Gasteiger partial charge in [-0.05, 0) is 32.4 Å². The van der Waals surface area contributed by atoms with Crippen LogP contribution in [-0.4, -0.2) is 85.2 Å². The second kappa shape index (κ2) is 12.3. The molecule has 0 bridgehead atoms. The Morgan fingerprint density at radius 3 is 2.61 bits per heavy atom. The van der Waals surface area contributed by atoms with Crippen molar-refractivity contribution < 1.29 is 28.8 Å². The number of allylic oxidation sites excluding steroid dienone is 1. The topological polar surface area (TPSA) is 132 Å². The number of amides is 1. The minimum absolute atomic E-state index is 0.115. The van der Waals surface area contributed by atoms with E-state index in [1.54, 1.807) is 24.8 Å². The monoisotopic (exact) mass is 528 g/mol. The first-order valence-electron chi connectivity index (χ1n) is 12.6. The average molecular weight is 529 g/mol. The van der Waals surface area contributed by atoms with Gasteiger partial charge in [0, 0.05) is 61.1 Å². The van der Waals surface area contributed by atoms with Crippen LogP contribution in [0.3, 0.4) is 0 Å². The molecule has 0 N–H and O–H groups in total. The van der Waals surface area contributed by atoms with Crippen LogP contribution in [0.25, 0.3) is 0 Å². The van der Waals surface area contributed by atoms with Crippen LogP contribution in [0.2, 0.25) is 0 Å². The zero-order valence-electron chi connectivity index (χ0n) is 22.6. The number of esters is 2. The first-order chi connectivity index (χ1) is 18.0. The van der Waals surface area contributed by atoms with Crippen molar-refractivity contribution in [3.05, 3.63) is 51.2 Å². The molecule has 0 aromatic heterocycles. The van der Waals surface area contributed by atoms with Crippen molar-refractivity contribution >= 4 is 29.7 Å². The summed E-state index contributed by atoms with van der Waals surface area (Å²) < 4.78 is 10.8. The SMILES string of the molecule is COC(=O)C1C(C)=NC(C)=C(C(=O)OCC(C)(C)CN2CCCN(C=O)CC2)C1c1cccc([N+](=O)[O-])c1. The molecule has 0 aliphatic carbocycles. The van der Waals surface area contributed by atoms with Crippen LogP contribution in [-0.2, 0) is 23.9 Å². The molecule has 1 fully saturated rings. The lowest BCUT2D eigenvalue weighted by molar-refractivity contribution is -0.384. The number of hydrogen-bond acceptors (Lipinski definition) is 9. The van der Waals surface area contributed by atoms with Gasteiger partial charge in [-0.1, -0.05) is 26.0 Å². The molecule has 3 rings (SSSR count). The largest absolute Gasteiger partial charge is 0.468 e. The standard InChI is InChI=1S/C27H36N4O7/c1-18-22(25(33)37-5)24(20-8-6-9-21(14-20)31(35)36)23(19(2)28-18)26(34)38-16-27(3,4)15-29-10-7-11-30(17-32)13-12-29/h6,8-9,14,17,22,24H,7,10-13,15-16H2,1-5H3. The first-order valence-corrected chi connectivity index (χ1v) is 12.6. The van der Waals surface area contributed by atoms with E-state index in [4.69, 9.17) is 9.47 Å². The predicted octanol–water partition coefficient (Wildman–Crippen LogP) is 2.95. The van der Waals surface area contributed by atoms with Crippen molar-refractivity contribution in [2.24, 2.45) is 16.3 Å². The van der Waals surface area contributed by atoms with Crippen molar-refractivity contribution in [2.75, 3.05) is 46.4 Å². The average Bonchev–Trinajstić information content (AvgIpc) is 3.11. The van der Waals surface area contributed by atoms with E-state index in [1.807, 2.05) is 13.8 Å². The molecule has 2 unspecified atom stereocenters. The molecular weight excluding hydrogens is 492 g/mol. The molecule has 2 aliphatic rings. The maximum atomic E-state index is 13.6. The van der Waals surface area contributed by atoms with Crippen molar-refractivity contribution in [2.45, 2.75) is 40.0 Å². The Kier molecular flexibility index (Phi) is 9.37. The molecule has 1 amide bonds. The molecule has 1 saturated heterocycles. The lowest BCUT2D eigenvalue weighted by Gasteiger charge is -2.33. The Bertz CT molecular complexity index is 1140. The summed E-state index contributed by atoms with van der Waals surface area (Å²) in [6.07, 6.45) is 1.75. The quantitative estimate of drug-likeness (QED) is 0.207. The molecule has 11 nitrogen and oxygen atoms in total. The van der Waals surface area contributed by atoms with E-state index in [9.17, 15) is 24.5 Å². The number of nitro groups is 1. The number of hydrogen-bond donors (Lipinski definition) is 0. The molecule has 206 valence electrons. The van der Waals surface area contributed by atoms with Gasteiger partial charge >= 0.3 is 11.9 Å². The van der Waals surface area contributed by atoms with Gasteiger partial charge in [0.15, 0.2) is 0 Å². The van der Waals surface area contributed by atoms with Gasteiger partial charge in [0.25, 0.3) is 5.69 Å². The van der Waals surface area contributed by atoms with Gasteiger partial charge in [0.05, 0.1) is 24.2 Å². The molecule has 2 atom stereocenters. The molecule has 38 heavy (non-hydrogen) atoms. The van der Waals surface area contributed by atoms with Crippen LogP contribution in [0.15, 0.2) is 40.5 Å². The van der Waals surface area contributed by atoms with E-state index in [2.05, 4.69) is 9.89 Å². The third kappa shape index (κ3) is 6.83. The maximum Gasteiger partial charge on any atom is 0.336 e. The van der Waals surface area contributed by atoms with Crippen LogP contribution in [0, 0.1) is 21.4 Å². The van der Waals surface area contributed by atoms with Crippen LogP contribution < -0.4 is 0 Å². The van der Waals surface area contributed by atoms with Gasteiger partial charge in [0.1, 0.15) is 5.92 Å². The Hall–Kier alpha value is -3.60. The summed E-state index contributed by atoms with van der Waals surface area (Å²) in [7, 11) is 1.25. The summed E-state index contributed by atoms with van der Waals surface area (Å²) in [4.78, 5) is 56.9. The lowest BCUT2D eigenvalue weighted by atomic mass is 9.75. The zero-order valence-corrected chi connectivity index (χ0v) is 22.6. The fourth-order valence-corrected chi connectivity index (χ4v) is 5.17. The third-order valence-electron chi connectivity index (χ3n) is 6.96. The molecule has 2 aliphatic heterocycles. The van der Waals surface area contributed by atoms with Crippen molar-refractivity contribution in [3.63, 3.8) is 0 Å². The molecule has 0 spiro atoms. The second-order valence-electron chi connectivity index (χ2n) is 10.6. The molecule has 11 heteroatoms. The summed E-state index contributed by atoms with van der Waals surface area (Å²) >= 11 is 0. The Morgan fingerprint density at radius 2 is 1.95 bits per heavy atom. The maximum absolute atomic E-state index is 13.6. The van der Waals surface area contributed by atoms with Gasteiger partial charge in [-0.15, -0.1) is 0 Å². The van der Waals surface area contributed by atoms with E-state index < -0.39 is 34.1 Å². The number of non-ortho nitro benzene ring substituents is 1. The fourth-order valence-electron chi connectivity index (χ4n) is 5.17. The predicted molar refractivity (Wildman–Crippen MR) is 141 cm³/mol. The number of methoxy groups -OCH3 is 1. The number of aliphatic imine (C=N–C) groups is 1. The highest BCUT2D eigenvalue weighted by Crippen LogP contribution is 2.41. The molecular formula is C27H36N4O7. The van der Waals surface area contributed by atoms with Crippen LogP contribution in [0.1, 0.15) is 45.6 Å². The smallest absolute Gasteiger partial charge is 0.336 e. The number of ether oxygens (including phenoxy) is 2. The number of benzene rings is 1. The van der Waals surface area contributed by atoms with Crippen molar-refractivity contribution in [3.8, 4) is 0 Å². The van der Waals surface area contributed by atoms with E-state index in [0.29, 0.717) is 30.1 Å². The van der Waals surface area contributed by atoms with Crippen LogP contribution in [0.5, 0.6) is 0 Å². The Morgan fingerprint density at radius 1 is 1.21 bits per heavy atom. The van der Waals surface area contributed by atoms with E-state index >= 15 is 0 Å². The van der Waals surface area contributed by atoms with Crippen molar-refractivity contribution in [1.82, 2.24) is 9.80 Å². The number of nitro benzene ring substituents is 1. The second-order valence-corrected chi connectivity index (χ2v) is 10.6. The van der Waals surface area contributed by atoms with E-state index in [-0.39, 0.29) is 17.9 Å². The van der Waals surface area contributed by atoms with Gasteiger partial charge in [0.2, 0.25) is 6.41 Å². The van der Waals surface area contributed by atoms with E-state index in [0.717, 1.165) is 32.5 Å². The minimum atomic E-state index is -0.931. The highest BCUT2D eigenvalue weighted by Gasteiger charge is 2.43. The Labute approximate surface area is 222 Å². The summed E-state index contributed by atoms with van der Waals surface area (Å²) in [5.74, 6) is -3.00. The number of carbonyl (C=O) groups excluding carboxylic acids is 3. The van der Waals surface area contributed by atoms with Gasteiger partial charge in [-0.2, -0.15) is 0 Å². The fraction of sp³-hybridized carbons (Fsp3) is 0.556. The first kappa shape index (κ1) is 29.0. The molecule has 0 saturated carbocycles. The number of nitrogens with zero attached hydrogens (tertiary/aromatic N) is 4. The minimum Gasteiger partial charge on any atom is -0.468 e. The highest BCUT2D eigenvalue weighted by atomic mass is 16.6. The van der Waals surface area contributed by atoms with Crippen LogP contribution in [0.4, 0.5) is 5.69 Å². The number of carbonyl (C=O) groups is 3. The Balaban J connectivity index is 1.85. The van der Waals surface area contributed by atoms with Gasteiger partial charge < -0.3 is 19.3 Å². The molecule has 1 aromatic carbocycles. The van der Waals surface area contributed by atoms with Gasteiger partial charge in [-0.25, -0.2) is 4.79 Å². The van der Waals surface area contributed by atoms with Crippen LogP contribution >= 0.6 is 0 Å². The zero-order chi connectivity index (χ0) is 28.0. The summed E-state index contributed by atoms with van der Waals surface area (Å²) in [6, 6.07) is 5.90. The normalized spacial score (nSPS) is 20.9. The summed E-state index contributed by atoms with van der Waals surface area (Å²) in [5, 5.41) is 11.4. The van der Waals surface area contributed by atoms with E-state index in [1.165, 1.54) is 25.3 Å². The van der Waals surface area contributed by atoms with Gasteiger partial charge in [-0.3, -0.25) is 24.7 Å². The molecule has 1 aromatic rings. The molecule has 2 heterocycles. The lowest BCUT2D eigenvalue weighted by Crippen LogP contribution is -2.40.